The number of nitrogens with zero attached hydrogens (tertiary/aromatic N) is 2. The molecule has 2 rings (SSSR count). The number of nitrogens with one attached hydrogen (secondary N) is 1. The molecule has 1 unspecified atom stereocenters. The van der Waals surface area contributed by atoms with E-state index in [2.05, 4.69) is 10.3 Å². The minimum Gasteiger partial charge on any atom is -0.377 e. The molecule has 1 heterocycles. The predicted octanol–water partition coefficient (Wildman–Crippen LogP) is 2.81. The van der Waals surface area contributed by atoms with Crippen LogP contribution in [0.3, 0.4) is 0 Å². The summed E-state index contributed by atoms with van der Waals surface area (Å²) in [5.74, 6) is 0. The third-order valence-electron chi connectivity index (χ3n) is 3.39. The van der Waals surface area contributed by atoms with Crippen molar-refractivity contribution in [2.24, 2.45) is 0 Å². The van der Waals surface area contributed by atoms with Crippen molar-refractivity contribution < 1.29 is 8.42 Å². The molecule has 0 spiro atoms. The van der Waals surface area contributed by atoms with Gasteiger partial charge in [0.25, 0.3) is 0 Å². The van der Waals surface area contributed by atoms with Crippen molar-refractivity contribution in [3.63, 3.8) is 0 Å². The van der Waals surface area contributed by atoms with Crippen LogP contribution in [0.5, 0.6) is 0 Å². The topological polar surface area (TPSA) is 62.3 Å². The Hall–Kier alpha value is -1.92. The first-order valence-corrected chi connectivity index (χ1v) is 8.45. The molecule has 0 saturated heterocycles. The Labute approximate surface area is 132 Å². The van der Waals surface area contributed by atoms with Crippen LogP contribution in [-0.4, -0.2) is 31.8 Å². The highest BCUT2D eigenvalue weighted by atomic mass is 32.2. The summed E-state index contributed by atoms with van der Waals surface area (Å²) in [5.41, 5.74) is 2.89. The molecule has 1 aromatic carbocycles. The fourth-order valence-electron chi connectivity index (χ4n) is 2.12. The number of benzene rings is 1. The highest BCUT2D eigenvalue weighted by molar-refractivity contribution is 7.89. The van der Waals surface area contributed by atoms with Crippen LogP contribution in [0.15, 0.2) is 47.6 Å². The summed E-state index contributed by atoms with van der Waals surface area (Å²) in [4.78, 5) is 4.44. The van der Waals surface area contributed by atoms with Gasteiger partial charge < -0.3 is 5.32 Å². The molecule has 5 nitrogen and oxygen atoms in total. The summed E-state index contributed by atoms with van der Waals surface area (Å²) < 4.78 is 25.6. The average Bonchev–Trinajstić information content (AvgIpc) is 2.47. The highest BCUT2D eigenvalue weighted by Gasteiger charge is 2.18. The smallest absolute Gasteiger partial charge is 0.242 e. The van der Waals surface area contributed by atoms with Crippen LogP contribution in [0, 0.1) is 6.92 Å². The number of hydrogen-bond donors (Lipinski definition) is 1. The maximum Gasteiger partial charge on any atom is 0.242 e. The first-order valence-electron chi connectivity index (χ1n) is 7.01. The zero-order chi connectivity index (χ0) is 16.3. The zero-order valence-corrected chi connectivity index (χ0v) is 14.1. The summed E-state index contributed by atoms with van der Waals surface area (Å²) in [6.45, 7) is 3.97. The number of sulfonamides is 1. The summed E-state index contributed by atoms with van der Waals surface area (Å²) in [6, 6.07) is 8.97. The molecule has 22 heavy (non-hydrogen) atoms. The molecule has 118 valence electrons. The molecule has 0 saturated carbocycles. The fourth-order valence-corrected chi connectivity index (χ4v) is 3.08. The van der Waals surface area contributed by atoms with E-state index in [-0.39, 0.29) is 6.04 Å². The second-order valence-electron chi connectivity index (χ2n) is 5.48. The third kappa shape index (κ3) is 3.64. The molecule has 0 aliphatic heterocycles. The van der Waals surface area contributed by atoms with Gasteiger partial charge >= 0.3 is 0 Å². The van der Waals surface area contributed by atoms with Crippen molar-refractivity contribution in [1.29, 1.82) is 0 Å². The molecule has 0 radical (unpaired) electrons. The zero-order valence-electron chi connectivity index (χ0n) is 13.2. The summed E-state index contributed by atoms with van der Waals surface area (Å²) in [7, 11) is -0.360. The fraction of sp³-hybridized carbons (Fsp3) is 0.312. The largest absolute Gasteiger partial charge is 0.377 e. The Balaban J connectivity index is 2.26. The van der Waals surface area contributed by atoms with Crippen LogP contribution in [0.1, 0.15) is 24.1 Å². The van der Waals surface area contributed by atoms with Gasteiger partial charge in [0.05, 0.1) is 10.6 Å². The number of rotatable bonds is 5. The molecule has 0 aliphatic rings. The highest BCUT2D eigenvalue weighted by Crippen LogP contribution is 2.22. The van der Waals surface area contributed by atoms with Crippen LogP contribution in [-0.2, 0) is 10.0 Å². The molecule has 2 aromatic rings. The van der Waals surface area contributed by atoms with E-state index in [9.17, 15) is 8.42 Å². The summed E-state index contributed by atoms with van der Waals surface area (Å²) >= 11 is 0. The minimum atomic E-state index is -3.42. The van der Waals surface area contributed by atoms with E-state index in [1.54, 1.807) is 30.6 Å². The molecule has 0 aliphatic carbocycles. The lowest BCUT2D eigenvalue weighted by Gasteiger charge is -2.18. The van der Waals surface area contributed by atoms with Crippen molar-refractivity contribution in [1.82, 2.24) is 9.29 Å². The van der Waals surface area contributed by atoms with Gasteiger partial charge in [-0.1, -0.05) is 12.1 Å². The quantitative estimate of drug-likeness (QED) is 0.920. The van der Waals surface area contributed by atoms with Crippen molar-refractivity contribution in [3.05, 3.63) is 53.9 Å². The second-order valence-corrected chi connectivity index (χ2v) is 7.63. The number of aromatic nitrogens is 1. The van der Waals surface area contributed by atoms with Crippen LogP contribution in [0.4, 0.5) is 5.69 Å². The maximum absolute atomic E-state index is 12.2. The molecular weight excluding hydrogens is 298 g/mol. The molecule has 1 atom stereocenters. The van der Waals surface area contributed by atoms with E-state index in [0.29, 0.717) is 4.90 Å². The van der Waals surface area contributed by atoms with Gasteiger partial charge in [0.1, 0.15) is 0 Å². The van der Waals surface area contributed by atoms with E-state index in [1.807, 2.05) is 26.0 Å². The van der Waals surface area contributed by atoms with Crippen LogP contribution < -0.4 is 5.32 Å². The number of anilines is 1. The Morgan fingerprint density at radius 3 is 2.55 bits per heavy atom. The molecular formula is C16H21N3O2S. The third-order valence-corrected chi connectivity index (χ3v) is 5.21. The second kappa shape index (κ2) is 6.46. The molecule has 1 N–H and O–H groups in total. The van der Waals surface area contributed by atoms with Gasteiger partial charge in [-0.15, -0.1) is 0 Å². The lowest BCUT2D eigenvalue weighted by Crippen LogP contribution is -2.22. The van der Waals surface area contributed by atoms with Gasteiger partial charge in [0.15, 0.2) is 0 Å². The first kappa shape index (κ1) is 16.5. The van der Waals surface area contributed by atoms with Crippen LogP contribution >= 0.6 is 0 Å². The molecule has 0 fully saturated rings. The van der Waals surface area contributed by atoms with Crippen molar-refractivity contribution in [2.75, 3.05) is 19.4 Å². The van der Waals surface area contributed by atoms with Crippen molar-refractivity contribution >= 4 is 15.7 Å². The van der Waals surface area contributed by atoms with E-state index in [0.717, 1.165) is 16.8 Å². The Bertz CT molecular complexity index is 757. The first-order chi connectivity index (χ1) is 10.3. The van der Waals surface area contributed by atoms with Crippen molar-refractivity contribution in [2.45, 2.75) is 24.8 Å². The van der Waals surface area contributed by atoms with Crippen molar-refractivity contribution in [3.8, 4) is 0 Å². The Morgan fingerprint density at radius 1 is 1.18 bits per heavy atom. The lowest BCUT2D eigenvalue weighted by molar-refractivity contribution is 0.520. The molecule has 0 bridgehead atoms. The van der Waals surface area contributed by atoms with E-state index in [4.69, 9.17) is 0 Å². The van der Waals surface area contributed by atoms with Gasteiger partial charge in [-0.2, -0.15) is 0 Å². The van der Waals surface area contributed by atoms with Gasteiger partial charge in [-0.05, 0) is 43.2 Å². The maximum atomic E-state index is 12.2. The van der Waals surface area contributed by atoms with E-state index >= 15 is 0 Å². The Morgan fingerprint density at radius 2 is 1.91 bits per heavy atom. The van der Waals surface area contributed by atoms with E-state index in [1.165, 1.54) is 18.4 Å². The van der Waals surface area contributed by atoms with Crippen LogP contribution in [0.25, 0.3) is 0 Å². The summed E-state index contributed by atoms with van der Waals surface area (Å²) in [6.07, 6.45) is 3.55. The molecule has 1 aromatic heterocycles. The van der Waals surface area contributed by atoms with Gasteiger partial charge in [0, 0.05) is 32.5 Å². The number of aryl methyl sites for hydroxylation is 1. The van der Waals surface area contributed by atoms with Crippen LogP contribution in [0.2, 0.25) is 0 Å². The van der Waals surface area contributed by atoms with Gasteiger partial charge in [-0.25, -0.2) is 12.7 Å². The average molecular weight is 319 g/mol. The van der Waals surface area contributed by atoms with E-state index < -0.39 is 10.0 Å². The normalized spacial score (nSPS) is 13.1. The molecule has 0 amide bonds. The molecule has 6 heteroatoms. The lowest BCUT2D eigenvalue weighted by atomic mass is 10.1. The standard InChI is InChI=1S/C16H21N3O2S/c1-12-8-15(11-17-10-12)18-13(2)14-6-5-7-16(9-14)22(20,21)19(3)4/h5-11,13,18H,1-4H3. The monoisotopic (exact) mass is 319 g/mol. The summed E-state index contributed by atoms with van der Waals surface area (Å²) in [5, 5.41) is 3.34. The van der Waals surface area contributed by atoms with Gasteiger partial charge in [-0.3, -0.25) is 4.98 Å². The SMILES string of the molecule is Cc1cncc(NC(C)c2cccc(S(=O)(=O)N(C)C)c2)c1. The Kier molecular flexibility index (Phi) is 4.83. The number of pyridine rings is 1. The predicted molar refractivity (Wildman–Crippen MR) is 88.3 cm³/mol. The number of hydrogen-bond acceptors (Lipinski definition) is 4. The minimum absolute atomic E-state index is 0.0269. The van der Waals surface area contributed by atoms with Gasteiger partial charge in [0.2, 0.25) is 10.0 Å².